The standard InChI is InChI=1S/C18H21N3O4/c1-11(22)20-6-7-21(15(23)10-20)16-13-8-12(9-19)4-5-14(13)25-18(2,3)17(16)24/h4-5,8,16-17,24H,6-7,10H2,1-3H3/t16?,17-/m0/s1. The summed E-state index contributed by atoms with van der Waals surface area (Å²) in [6, 6.07) is 6.47. The highest BCUT2D eigenvalue weighted by Gasteiger charge is 2.47. The Morgan fingerprint density at radius 1 is 1.40 bits per heavy atom. The maximum atomic E-state index is 12.6. The SMILES string of the molecule is CC(=O)N1CCN(C2c3cc(C#N)ccc3OC(C)(C)[C@H]2O)C(=O)C1. The van der Waals surface area contributed by atoms with Gasteiger partial charge in [-0.3, -0.25) is 9.59 Å². The second-order valence-electron chi connectivity index (χ2n) is 6.99. The van der Waals surface area contributed by atoms with Gasteiger partial charge >= 0.3 is 0 Å². The highest BCUT2D eigenvalue weighted by atomic mass is 16.5. The number of fused-ring (bicyclic) bond motifs is 1. The van der Waals surface area contributed by atoms with Gasteiger partial charge in [-0.2, -0.15) is 5.26 Å². The summed E-state index contributed by atoms with van der Waals surface area (Å²) in [6.07, 6.45) is -0.957. The van der Waals surface area contributed by atoms with Crippen LogP contribution in [0.2, 0.25) is 0 Å². The van der Waals surface area contributed by atoms with Gasteiger partial charge in [0.1, 0.15) is 17.5 Å². The van der Waals surface area contributed by atoms with E-state index in [0.717, 1.165) is 0 Å². The van der Waals surface area contributed by atoms with E-state index in [0.29, 0.717) is 30.0 Å². The van der Waals surface area contributed by atoms with E-state index in [4.69, 9.17) is 4.74 Å². The second kappa shape index (κ2) is 6.05. The highest BCUT2D eigenvalue weighted by molar-refractivity contribution is 5.85. The molecule has 1 N–H and O–H groups in total. The van der Waals surface area contributed by atoms with Crippen LogP contribution in [-0.2, 0) is 9.59 Å². The molecule has 0 aromatic heterocycles. The number of rotatable bonds is 1. The van der Waals surface area contributed by atoms with Crippen LogP contribution in [0, 0.1) is 11.3 Å². The van der Waals surface area contributed by atoms with Crippen LogP contribution >= 0.6 is 0 Å². The molecule has 2 heterocycles. The minimum Gasteiger partial charge on any atom is -0.485 e. The molecular weight excluding hydrogens is 322 g/mol. The summed E-state index contributed by atoms with van der Waals surface area (Å²) in [5, 5.41) is 20.0. The summed E-state index contributed by atoms with van der Waals surface area (Å²) in [6.45, 7) is 5.70. The van der Waals surface area contributed by atoms with Gasteiger partial charge in [-0.1, -0.05) is 0 Å². The summed E-state index contributed by atoms with van der Waals surface area (Å²) in [5.74, 6) is 0.186. The summed E-state index contributed by atoms with van der Waals surface area (Å²) >= 11 is 0. The van der Waals surface area contributed by atoms with Crippen LogP contribution in [0.3, 0.4) is 0 Å². The number of aliphatic hydroxyl groups is 1. The van der Waals surface area contributed by atoms with Gasteiger partial charge in [0.05, 0.1) is 24.2 Å². The van der Waals surface area contributed by atoms with E-state index in [2.05, 4.69) is 6.07 Å². The van der Waals surface area contributed by atoms with Crippen LogP contribution in [0.15, 0.2) is 18.2 Å². The predicted molar refractivity (Wildman–Crippen MR) is 88.6 cm³/mol. The van der Waals surface area contributed by atoms with Gasteiger partial charge in [0.25, 0.3) is 0 Å². The molecular formula is C18H21N3O4. The summed E-state index contributed by atoms with van der Waals surface area (Å²) in [7, 11) is 0. The van der Waals surface area contributed by atoms with Crippen molar-refractivity contribution in [3.05, 3.63) is 29.3 Å². The third kappa shape index (κ3) is 2.94. The van der Waals surface area contributed by atoms with Crippen molar-refractivity contribution in [3.63, 3.8) is 0 Å². The average molecular weight is 343 g/mol. The summed E-state index contributed by atoms with van der Waals surface area (Å²) in [5.41, 5.74) is 0.175. The molecule has 3 rings (SSSR count). The molecule has 2 aliphatic heterocycles. The minimum absolute atomic E-state index is 0.00683. The second-order valence-corrected chi connectivity index (χ2v) is 6.99. The van der Waals surface area contributed by atoms with Gasteiger partial charge < -0.3 is 19.6 Å². The van der Waals surface area contributed by atoms with Crippen LogP contribution in [0.1, 0.15) is 37.9 Å². The molecule has 2 atom stereocenters. The lowest BCUT2D eigenvalue weighted by Crippen LogP contribution is -2.59. The van der Waals surface area contributed by atoms with Crippen LogP contribution in [0.5, 0.6) is 5.75 Å². The normalized spacial score (nSPS) is 25.0. The van der Waals surface area contributed by atoms with Crippen LogP contribution < -0.4 is 4.74 Å². The fourth-order valence-corrected chi connectivity index (χ4v) is 3.42. The first-order chi connectivity index (χ1) is 11.7. The number of hydrogen-bond acceptors (Lipinski definition) is 5. The first-order valence-corrected chi connectivity index (χ1v) is 8.20. The molecule has 1 fully saturated rings. The quantitative estimate of drug-likeness (QED) is 0.815. The average Bonchev–Trinajstić information content (AvgIpc) is 2.56. The summed E-state index contributed by atoms with van der Waals surface area (Å²) in [4.78, 5) is 27.3. The first kappa shape index (κ1) is 17.2. The fourth-order valence-electron chi connectivity index (χ4n) is 3.42. The lowest BCUT2D eigenvalue weighted by atomic mass is 9.84. The van der Waals surface area contributed by atoms with Crippen molar-refractivity contribution >= 4 is 11.8 Å². The number of nitrogens with zero attached hydrogens (tertiary/aromatic N) is 3. The molecule has 1 aromatic carbocycles. The fraction of sp³-hybridized carbons (Fsp3) is 0.500. The Morgan fingerprint density at radius 3 is 2.72 bits per heavy atom. The zero-order chi connectivity index (χ0) is 18.4. The van der Waals surface area contributed by atoms with E-state index in [1.807, 2.05) is 0 Å². The highest BCUT2D eigenvalue weighted by Crippen LogP contribution is 2.43. The van der Waals surface area contributed by atoms with Crippen molar-refractivity contribution < 1.29 is 19.4 Å². The topological polar surface area (TPSA) is 93.9 Å². The predicted octanol–water partition coefficient (Wildman–Crippen LogP) is 0.822. The number of hydrogen-bond donors (Lipinski definition) is 1. The lowest BCUT2D eigenvalue weighted by Gasteiger charge is -2.48. The van der Waals surface area contributed by atoms with Crippen molar-refractivity contribution in [1.29, 1.82) is 5.26 Å². The van der Waals surface area contributed by atoms with Gasteiger partial charge in [0.15, 0.2) is 0 Å². The van der Waals surface area contributed by atoms with Gasteiger partial charge in [-0.05, 0) is 32.0 Å². The number of carbonyl (C=O) groups is 2. The molecule has 1 unspecified atom stereocenters. The lowest BCUT2D eigenvalue weighted by molar-refractivity contribution is -0.155. The number of piperazine rings is 1. The van der Waals surface area contributed by atoms with Crippen LogP contribution in [0.25, 0.3) is 0 Å². The molecule has 1 aromatic rings. The number of ether oxygens (including phenoxy) is 1. The van der Waals surface area contributed by atoms with Crippen molar-refractivity contribution in [2.75, 3.05) is 19.6 Å². The Hall–Kier alpha value is -2.59. The zero-order valence-electron chi connectivity index (χ0n) is 14.5. The Labute approximate surface area is 146 Å². The first-order valence-electron chi connectivity index (χ1n) is 8.20. The molecule has 0 bridgehead atoms. The van der Waals surface area contributed by atoms with Crippen LogP contribution in [0.4, 0.5) is 0 Å². The van der Waals surface area contributed by atoms with Gasteiger partial charge in [-0.25, -0.2) is 0 Å². The van der Waals surface area contributed by atoms with Crippen molar-refractivity contribution in [2.45, 2.75) is 38.5 Å². The number of benzene rings is 1. The van der Waals surface area contributed by atoms with E-state index in [9.17, 15) is 20.0 Å². The molecule has 2 amide bonds. The maximum Gasteiger partial charge on any atom is 0.242 e. The van der Waals surface area contributed by atoms with Crippen LogP contribution in [-0.4, -0.2) is 58.1 Å². The Kier molecular flexibility index (Phi) is 4.17. The molecule has 2 aliphatic rings. The monoisotopic (exact) mass is 343 g/mol. The van der Waals surface area contributed by atoms with E-state index < -0.39 is 17.7 Å². The third-order valence-electron chi connectivity index (χ3n) is 4.88. The number of amides is 2. The number of aliphatic hydroxyl groups excluding tert-OH is 1. The van der Waals surface area contributed by atoms with Crippen molar-refractivity contribution in [1.82, 2.24) is 9.80 Å². The molecule has 25 heavy (non-hydrogen) atoms. The van der Waals surface area contributed by atoms with Crippen molar-refractivity contribution in [2.24, 2.45) is 0 Å². The van der Waals surface area contributed by atoms with Gasteiger partial charge in [-0.15, -0.1) is 0 Å². The zero-order valence-corrected chi connectivity index (χ0v) is 14.5. The molecule has 7 nitrogen and oxygen atoms in total. The minimum atomic E-state index is -0.957. The van der Waals surface area contributed by atoms with E-state index in [-0.39, 0.29) is 18.4 Å². The molecule has 1 saturated heterocycles. The van der Waals surface area contributed by atoms with E-state index in [1.165, 1.54) is 11.8 Å². The smallest absolute Gasteiger partial charge is 0.242 e. The molecule has 0 spiro atoms. The third-order valence-corrected chi connectivity index (χ3v) is 4.88. The Balaban J connectivity index is 2.01. The Morgan fingerprint density at radius 2 is 2.12 bits per heavy atom. The maximum absolute atomic E-state index is 12.6. The molecule has 0 radical (unpaired) electrons. The van der Waals surface area contributed by atoms with Crippen molar-refractivity contribution in [3.8, 4) is 11.8 Å². The molecule has 0 aliphatic carbocycles. The Bertz CT molecular complexity index is 768. The largest absolute Gasteiger partial charge is 0.485 e. The number of carbonyl (C=O) groups excluding carboxylic acids is 2. The van der Waals surface area contributed by atoms with E-state index >= 15 is 0 Å². The molecule has 132 valence electrons. The van der Waals surface area contributed by atoms with Gasteiger partial charge in [0, 0.05) is 25.6 Å². The molecule has 7 heteroatoms. The van der Waals surface area contributed by atoms with Gasteiger partial charge in [0.2, 0.25) is 11.8 Å². The van der Waals surface area contributed by atoms with E-state index in [1.54, 1.807) is 36.9 Å². The molecule has 0 saturated carbocycles. The summed E-state index contributed by atoms with van der Waals surface area (Å²) < 4.78 is 5.88. The number of nitriles is 1.